The molecule has 1 amide bonds. The molecular formula is C17H26N2O2. The third kappa shape index (κ3) is 5.76. The number of hydrogen-bond donors (Lipinski definition) is 2. The van der Waals surface area contributed by atoms with Gasteiger partial charge in [-0.05, 0) is 43.5 Å². The SMILES string of the molecule is COc1ccc(CCNCC(=O)NC2CCCCC2)cc1. The van der Waals surface area contributed by atoms with E-state index in [1.165, 1.54) is 24.8 Å². The highest BCUT2D eigenvalue weighted by molar-refractivity contribution is 5.78. The van der Waals surface area contributed by atoms with Crippen molar-refractivity contribution in [1.29, 1.82) is 0 Å². The van der Waals surface area contributed by atoms with Crippen LogP contribution in [0.25, 0.3) is 0 Å². The standard InChI is InChI=1S/C17H26N2O2/c1-21-16-9-7-14(8-10-16)11-12-18-13-17(20)19-15-5-3-2-4-6-15/h7-10,15,18H,2-6,11-13H2,1H3,(H,19,20). The van der Waals surface area contributed by atoms with Gasteiger partial charge in [0.15, 0.2) is 0 Å². The van der Waals surface area contributed by atoms with Crippen LogP contribution in [0, 0.1) is 0 Å². The second-order valence-corrected chi connectivity index (χ2v) is 5.68. The van der Waals surface area contributed by atoms with E-state index in [9.17, 15) is 4.79 Å². The van der Waals surface area contributed by atoms with Crippen LogP contribution in [0.1, 0.15) is 37.7 Å². The molecule has 4 heteroatoms. The highest BCUT2D eigenvalue weighted by atomic mass is 16.5. The van der Waals surface area contributed by atoms with E-state index in [0.29, 0.717) is 12.6 Å². The maximum absolute atomic E-state index is 11.8. The normalized spacial score (nSPS) is 15.7. The minimum absolute atomic E-state index is 0.122. The molecule has 4 nitrogen and oxygen atoms in total. The van der Waals surface area contributed by atoms with Crippen molar-refractivity contribution in [2.24, 2.45) is 0 Å². The van der Waals surface area contributed by atoms with Crippen molar-refractivity contribution in [3.05, 3.63) is 29.8 Å². The molecule has 0 aliphatic heterocycles. The maximum atomic E-state index is 11.8. The molecule has 2 N–H and O–H groups in total. The van der Waals surface area contributed by atoms with Crippen LogP contribution in [0.3, 0.4) is 0 Å². The summed E-state index contributed by atoms with van der Waals surface area (Å²) in [4.78, 5) is 11.8. The second kappa shape index (κ2) is 8.67. The second-order valence-electron chi connectivity index (χ2n) is 5.68. The fourth-order valence-corrected chi connectivity index (χ4v) is 2.75. The summed E-state index contributed by atoms with van der Waals surface area (Å²) in [6.07, 6.45) is 6.99. The maximum Gasteiger partial charge on any atom is 0.234 e. The molecule has 21 heavy (non-hydrogen) atoms. The van der Waals surface area contributed by atoms with Crippen LogP contribution in [0.5, 0.6) is 5.75 Å². The number of ether oxygens (including phenoxy) is 1. The topological polar surface area (TPSA) is 50.4 Å². The Balaban J connectivity index is 1.58. The smallest absolute Gasteiger partial charge is 0.234 e. The molecule has 0 bridgehead atoms. The lowest BCUT2D eigenvalue weighted by atomic mass is 9.95. The Labute approximate surface area is 127 Å². The van der Waals surface area contributed by atoms with E-state index >= 15 is 0 Å². The summed E-state index contributed by atoms with van der Waals surface area (Å²) >= 11 is 0. The number of amides is 1. The predicted molar refractivity (Wildman–Crippen MR) is 84.6 cm³/mol. The van der Waals surface area contributed by atoms with E-state index < -0.39 is 0 Å². The molecule has 1 aliphatic rings. The van der Waals surface area contributed by atoms with E-state index in [1.807, 2.05) is 12.1 Å². The van der Waals surface area contributed by atoms with Crippen molar-refractivity contribution in [3.8, 4) is 5.75 Å². The summed E-state index contributed by atoms with van der Waals surface area (Å²) in [6, 6.07) is 8.44. The first-order valence-electron chi connectivity index (χ1n) is 7.91. The van der Waals surface area contributed by atoms with Crippen LogP contribution < -0.4 is 15.4 Å². The molecule has 0 unspecified atom stereocenters. The molecule has 0 atom stereocenters. The van der Waals surface area contributed by atoms with Gasteiger partial charge in [-0.25, -0.2) is 0 Å². The first-order valence-corrected chi connectivity index (χ1v) is 7.91. The Bertz CT molecular complexity index is 425. The molecule has 0 saturated heterocycles. The van der Waals surface area contributed by atoms with Gasteiger partial charge in [0.1, 0.15) is 5.75 Å². The van der Waals surface area contributed by atoms with Gasteiger partial charge >= 0.3 is 0 Å². The number of carbonyl (C=O) groups is 1. The quantitative estimate of drug-likeness (QED) is 0.758. The van der Waals surface area contributed by atoms with Crippen LogP contribution in [0.2, 0.25) is 0 Å². The van der Waals surface area contributed by atoms with Crippen LogP contribution in [-0.4, -0.2) is 32.1 Å². The van der Waals surface area contributed by atoms with Gasteiger partial charge < -0.3 is 15.4 Å². The Hall–Kier alpha value is -1.55. The van der Waals surface area contributed by atoms with Gasteiger partial charge in [0, 0.05) is 6.04 Å². The molecule has 0 aromatic heterocycles. The van der Waals surface area contributed by atoms with Crippen LogP contribution >= 0.6 is 0 Å². The van der Waals surface area contributed by atoms with Crippen LogP contribution in [-0.2, 0) is 11.2 Å². The first kappa shape index (κ1) is 15.8. The third-order valence-electron chi connectivity index (χ3n) is 4.01. The molecule has 1 aliphatic carbocycles. The molecular weight excluding hydrogens is 264 g/mol. The van der Waals surface area contributed by atoms with Gasteiger partial charge in [-0.2, -0.15) is 0 Å². The van der Waals surface area contributed by atoms with Crippen LogP contribution in [0.15, 0.2) is 24.3 Å². The first-order chi connectivity index (χ1) is 10.3. The van der Waals surface area contributed by atoms with E-state index in [1.54, 1.807) is 7.11 Å². The van der Waals surface area contributed by atoms with Crippen molar-refractivity contribution < 1.29 is 9.53 Å². The van der Waals surface area contributed by atoms with Crippen LogP contribution in [0.4, 0.5) is 0 Å². The summed E-state index contributed by atoms with van der Waals surface area (Å²) < 4.78 is 5.13. The van der Waals surface area contributed by atoms with Crippen molar-refractivity contribution in [3.63, 3.8) is 0 Å². The zero-order valence-electron chi connectivity index (χ0n) is 12.9. The zero-order chi connectivity index (χ0) is 14.9. The van der Waals surface area contributed by atoms with Gasteiger partial charge in [0.2, 0.25) is 5.91 Å². The van der Waals surface area contributed by atoms with Gasteiger partial charge in [-0.15, -0.1) is 0 Å². The highest BCUT2D eigenvalue weighted by Gasteiger charge is 2.14. The molecule has 2 rings (SSSR count). The number of benzene rings is 1. The van der Waals surface area contributed by atoms with Crippen molar-refractivity contribution in [2.45, 2.75) is 44.6 Å². The fraction of sp³-hybridized carbons (Fsp3) is 0.588. The highest BCUT2D eigenvalue weighted by Crippen LogP contribution is 2.17. The van der Waals surface area contributed by atoms with Gasteiger partial charge in [-0.3, -0.25) is 4.79 Å². The summed E-state index contributed by atoms with van der Waals surface area (Å²) in [5, 5.41) is 6.32. The number of methoxy groups -OCH3 is 1. The van der Waals surface area contributed by atoms with Gasteiger partial charge in [0.25, 0.3) is 0 Å². The van der Waals surface area contributed by atoms with E-state index in [-0.39, 0.29) is 5.91 Å². The minimum atomic E-state index is 0.122. The number of carbonyl (C=O) groups excluding carboxylic acids is 1. The molecule has 1 aromatic carbocycles. The average Bonchev–Trinajstić information content (AvgIpc) is 2.53. The molecule has 0 heterocycles. The molecule has 1 aromatic rings. The summed E-state index contributed by atoms with van der Waals surface area (Å²) in [5.74, 6) is 0.996. The molecule has 1 saturated carbocycles. The fourth-order valence-electron chi connectivity index (χ4n) is 2.75. The molecule has 1 fully saturated rings. The van der Waals surface area contributed by atoms with E-state index in [2.05, 4.69) is 22.8 Å². The van der Waals surface area contributed by atoms with Crippen molar-refractivity contribution in [1.82, 2.24) is 10.6 Å². The zero-order valence-corrected chi connectivity index (χ0v) is 12.9. The number of nitrogens with one attached hydrogen (secondary N) is 2. The Morgan fingerprint density at radius 2 is 1.90 bits per heavy atom. The summed E-state index contributed by atoms with van der Waals surface area (Å²) in [6.45, 7) is 1.22. The number of rotatable bonds is 7. The van der Waals surface area contributed by atoms with Gasteiger partial charge in [0.05, 0.1) is 13.7 Å². The monoisotopic (exact) mass is 290 g/mol. The predicted octanol–water partition coefficient (Wildman–Crippen LogP) is 2.28. The molecule has 0 radical (unpaired) electrons. The molecule has 116 valence electrons. The Kier molecular flexibility index (Phi) is 6.54. The van der Waals surface area contributed by atoms with Crippen molar-refractivity contribution >= 4 is 5.91 Å². The minimum Gasteiger partial charge on any atom is -0.497 e. The average molecular weight is 290 g/mol. The third-order valence-corrected chi connectivity index (χ3v) is 4.01. The van der Waals surface area contributed by atoms with Crippen molar-refractivity contribution in [2.75, 3.05) is 20.2 Å². The Morgan fingerprint density at radius 1 is 1.19 bits per heavy atom. The largest absolute Gasteiger partial charge is 0.497 e. The van der Waals surface area contributed by atoms with E-state index in [0.717, 1.165) is 31.6 Å². The number of hydrogen-bond acceptors (Lipinski definition) is 3. The lowest BCUT2D eigenvalue weighted by Gasteiger charge is -2.22. The van der Waals surface area contributed by atoms with Gasteiger partial charge in [-0.1, -0.05) is 31.4 Å². The Morgan fingerprint density at radius 3 is 2.57 bits per heavy atom. The van der Waals surface area contributed by atoms with E-state index in [4.69, 9.17) is 4.74 Å². The molecule has 0 spiro atoms. The lowest BCUT2D eigenvalue weighted by Crippen LogP contribution is -2.41. The summed E-state index contributed by atoms with van der Waals surface area (Å²) in [7, 11) is 1.67. The lowest BCUT2D eigenvalue weighted by molar-refractivity contribution is -0.121. The summed E-state index contributed by atoms with van der Waals surface area (Å²) in [5.41, 5.74) is 1.25.